The van der Waals surface area contributed by atoms with Crippen LogP contribution in [0, 0.1) is 6.92 Å². The maximum Gasteiger partial charge on any atom is 0.265 e. The van der Waals surface area contributed by atoms with Crippen LogP contribution in [0.5, 0.6) is 11.5 Å². The van der Waals surface area contributed by atoms with Crippen LogP contribution in [0.2, 0.25) is 5.02 Å². The minimum absolute atomic E-state index is 0.189. The summed E-state index contributed by atoms with van der Waals surface area (Å²) in [5.41, 5.74) is 0.518. The summed E-state index contributed by atoms with van der Waals surface area (Å²) in [5, 5.41) is 3.23. The zero-order valence-corrected chi connectivity index (χ0v) is 12.9. The first-order valence-electron chi connectivity index (χ1n) is 5.84. The zero-order valence-electron chi connectivity index (χ0n) is 11.3. The molecule has 0 atom stereocenters. The lowest BCUT2D eigenvalue weighted by Crippen LogP contribution is -2.11. The molecule has 1 amide bonds. The van der Waals surface area contributed by atoms with E-state index in [2.05, 4.69) is 5.32 Å². The number of halogens is 1. The first kappa shape index (κ1) is 14.7. The molecule has 0 saturated heterocycles. The molecule has 2 aromatic rings. The molecule has 2 rings (SSSR count). The summed E-state index contributed by atoms with van der Waals surface area (Å²) in [5.74, 6) is 0.772. The molecule has 1 heterocycles. The number of benzene rings is 1. The van der Waals surface area contributed by atoms with Gasteiger partial charge in [-0.2, -0.15) is 0 Å². The Bertz CT molecular complexity index is 639. The number of ether oxygens (including phenoxy) is 2. The zero-order chi connectivity index (χ0) is 14.7. The highest BCUT2D eigenvalue weighted by atomic mass is 35.5. The number of hydrogen-bond acceptors (Lipinski definition) is 4. The van der Waals surface area contributed by atoms with Crippen molar-refractivity contribution in [1.29, 1.82) is 0 Å². The molecule has 0 aliphatic carbocycles. The predicted octanol–water partition coefficient (Wildman–Crippen LogP) is 3.98. The summed E-state index contributed by atoms with van der Waals surface area (Å²) >= 11 is 7.45. The van der Waals surface area contributed by atoms with Crippen molar-refractivity contribution >= 4 is 34.5 Å². The summed E-state index contributed by atoms with van der Waals surface area (Å²) in [7, 11) is 3.03. The number of carbonyl (C=O) groups is 1. The van der Waals surface area contributed by atoms with E-state index >= 15 is 0 Å². The average molecular weight is 312 g/mol. The van der Waals surface area contributed by atoms with Gasteiger partial charge in [0.25, 0.3) is 5.91 Å². The van der Waals surface area contributed by atoms with Gasteiger partial charge in [0, 0.05) is 17.0 Å². The molecule has 0 saturated carbocycles. The molecule has 0 unspecified atom stereocenters. The highest BCUT2D eigenvalue weighted by molar-refractivity contribution is 7.14. The van der Waals surface area contributed by atoms with E-state index in [0.29, 0.717) is 27.1 Å². The highest BCUT2D eigenvalue weighted by Gasteiger charge is 2.14. The molecule has 0 bridgehead atoms. The van der Waals surface area contributed by atoms with E-state index in [9.17, 15) is 4.79 Å². The van der Waals surface area contributed by atoms with Gasteiger partial charge in [-0.1, -0.05) is 11.6 Å². The smallest absolute Gasteiger partial charge is 0.265 e. The van der Waals surface area contributed by atoms with Crippen molar-refractivity contribution in [3.63, 3.8) is 0 Å². The molecule has 0 fully saturated rings. The molecule has 6 heteroatoms. The molecule has 1 N–H and O–H groups in total. The van der Waals surface area contributed by atoms with Crippen LogP contribution in [0.3, 0.4) is 0 Å². The van der Waals surface area contributed by atoms with Crippen LogP contribution < -0.4 is 14.8 Å². The van der Waals surface area contributed by atoms with Crippen molar-refractivity contribution in [2.24, 2.45) is 0 Å². The molecule has 106 valence electrons. The Kier molecular flexibility index (Phi) is 4.52. The van der Waals surface area contributed by atoms with E-state index in [0.717, 1.165) is 4.88 Å². The van der Waals surface area contributed by atoms with E-state index in [4.69, 9.17) is 21.1 Å². The van der Waals surface area contributed by atoms with Gasteiger partial charge in [0.05, 0.1) is 29.8 Å². The van der Waals surface area contributed by atoms with E-state index in [1.54, 1.807) is 18.2 Å². The lowest BCUT2D eigenvalue weighted by Gasteiger charge is -2.12. The summed E-state index contributed by atoms with van der Waals surface area (Å²) in [6, 6.07) is 6.93. The lowest BCUT2D eigenvalue weighted by atomic mass is 10.2. The predicted molar refractivity (Wildman–Crippen MR) is 81.6 cm³/mol. The molecule has 4 nitrogen and oxygen atoms in total. The van der Waals surface area contributed by atoms with E-state index in [-0.39, 0.29) is 5.91 Å². The molecular formula is C14H14ClNO3S. The molecule has 1 aromatic carbocycles. The second-order valence-corrected chi connectivity index (χ2v) is 5.75. The standard InChI is InChI=1S/C14H14ClNO3S/c1-8-4-5-13(20-8)14(17)16-10-7-11(18-2)9(15)6-12(10)19-3/h4-7H,1-3H3,(H,16,17). The first-order chi connectivity index (χ1) is 9.55. The van der Waals surface area contributed by atoms with Crippen molar-refractivity contribution < 1.29 is 14.3 Å². The minimum atomic E-state index is -0.189. The average Bonchev–Trinajstić information content (AvgIpc) is 2.87. The quantitative estimate of drug-likeness (QED) is 0.929. The van der Waals surface area contributed by atoms with Crippen LogP contribution in [0.25, 0.3) is 0 Å². The Morgan fingerprint density at radius 1 is 1.20 bits per heavy atom. The Morgan fingerprint density at radius 3 is 2.45 bits per heavy atom. The number of anilines is 1. The van der Waals surface area contributed by atoms with Crippen molar-refractivity contribution in [2.75, 3.05) is 19.5 Å². The highest BCUT2D eigenvalue weighted by Crippen LogP contribution is 2.36. The maximum absolute atomic E-state index is 12.2. The number of thiophene rings is 1. The van der Waals surface area contributed by atoms with Gasteiger partial charge in [-0.15, -0.1) is 11.3 Å². The summed E-state index contributed by atoms with van der Waals surface area (Å²) in [6.45, 7) is 1.95. The molecule has 1 aromatic heterocycles. The first-order valence-corrected chi connectivity index (χ1v) is 7.04. The third-order valence-electron chi connectivity index (χ3n) is 2.69. The fourth-order valence-corrected chi connectivity index (χ4v) is 2.69. The number of aryl methyl sites for hydroxylation is 1. The molecule has 0 radical (unpaired) electrons. The molecular weight excluding hydrogens is 298 g/mol. The second kappa shape index (κ2) is 6.15. The number of carbonyl (C=O) groups excluding carboxylic acids is 1. The van der Waals surface area contributed by atoms with Crippen LogP contribution in [0.1, 0.15) is 14.5 Å². The van der Waals surface area contributed by atoms with E-state index < -0.39 is 0 Å². The van der Waals surface area contributed by atoms with Gasteiger partial charge in [0.15, 0.2) is 0 Å². The van der Waals surface area contributed by atoms with Crippen molar-refractivity contribution in [1.82, 2.24) is 0 Å². The topological polar surface area (TPSA) is 47.6 Å². The number of methoxy groups -OCH3 is 2. The SMILES string of the molecule is COc1cc(NC(=O)c2ccc(C)s2)c(OC)cc1Cl. The molecule has 0 spiro atoms. The number of rotatable bonds is 4. The Hall–Kier alpha value is -1.72. The van der Waals surface area contributed by atoms with Crippen molar-refractivity contribution in [3.05, 3.63) is 39.0 Å². The van der Waals surface area contributed by atoms with Gasteiger partial charge in [-0.25, -0.2) is 0 Å². The largest absolute Gasteiger partial charge is 0.495 e. The summed E-state index contributed by atoms with van der Waals surface area (Å²) < 4.78 is 10.4. The van der Waals surface area contributed by atoms with Crippen molar-refractivity contribution in [2.45, 2.75) is 6.92 Å². The molecule has 0 aliphatic heterocycles. The monoisotopic (exact) mass is 311 g/mol. The lowest BCUT2D eigenvalue weighted by molar-refractivity contribution is 0.103. The van der Waals surface area contributed by atoms with Gasteiger partial charge >= 0.3 is 0 Å². The van der Waals surface area contributed by atoms with Crippen molar-refractivity contribution in [3.8, 4) is 11.5 Å². The minimum Gasteiger partial charge on any atom is -0.495 e. The Balaban J connectivity index is 2.30. The van der Waals surface area contributed by atoms with Gasteiger partial charge in [-0.3, -0.25) is 4.79 Å². The van der Waals surface area contributed by atoms with E-state index in [1.165, 1.54) is 25.6 Å². The van der Waals surface area contributed by atoms with Crippen LogP contribution >= 0.6 is 22.9 Å². The third kappa shape index (κ3) is 3.05. The van der Waals surface area contributed by atoms with Gasteiger partial charge in [0.2, 0.25) is 0 Å². The number of nitrogens with one attached hydrogen (secondary N) is 1. The van der Waals surface area contributed by atoms with Crippen LogP contribution in [-0.2, 0) is 0 Å². The Morgan fingerprint density at radius 2 is 1.90 bits per heavy atom. The molecule has 0 aliphatic rings. The van der Waals surface area contributed by atoms with Crippen LogP contribution in [-0.4, -0.2) is 20.1 Å². The van der Waals surface area contributed by atoms with Gasteiger partial charge < -0.3 is 14.8 Å². The number of amides is 1. The second-order valence-electron chi connectivity index (χ2n) is 4.05. The number of hydrogen-bond donors (Lipinski definition) is 1. The molecule has 20 heavy (non-hydrogen) atoms. The maximum atomic E-state index is 12.2. The fourth-order valence-electron chi connectivity index (χ4n) is 1.70. The fraction of sp³-hybridized carbons (Fsp3) is 0.214. The summed E-state index contributed by atoms with van der Waals surface area (Å²) in [6.07, 6.45) is 0. The van der Waals surface area contributed by atoms with Gasteiger partial charge in [-0.05, 0) is 19.1 Å². The Labute approximate surface area is 126 Å². The van der Waals surface area contributed by atoms with Gasteiger partial charge in [0.1, 0.15) is 11.5 Å². The third-order valence-corrected chi connectivity index (χ3v) is 3.98. The normalized spacial score (nSPS) is 10.2. The van der Waals surface area contributed by atoms with Crippen LogP contribution in [0.4, 0.5) is 5.69 Å². The van der Waals surface area contributed by atoms with E-state index in [1.807, 2.05) is 13.0 Å². The van der Waals surface area contributed by atoms with Crippen LogP contribution in [0.15, 0.2) is 24.3 Å². The summed E-state index contributed by atoms with van der Waals surface area (Å²) in [4.78, 5) is 13.9.